The summed E-state index contributed by atoms with van der Waals surface area (Å²) in [6.45, 7) is 0. The SMILES string of the molecule is O=C(O)C=Cc1ccc([N+](=O)[O-])cc1C(=O)O. The second-order valence-electron chi connectivity index (χ2n) is 3.01. The maximum atomic E-state index is 10.8. The monoisotopic (exact) mass is 237 g/mol. The number of carboxylic acids is 2. The van der Waals surface area contributed by atoms with Crippen LogP contribution in [-0.4, -0.2) is 27.1 Å². The van der Waals surface area contributed by atoms with Crippen LogP contribution < -0.4 is 0 Å². The molecule has 0 saturated carbocycles. The topological polar surface area (TPSA) is 118 Å². The van der Waals surface area contributed by atoms with E-state index in [0.29, 0.717) is 0 Å². The van der Waals surface area contributed by atoms with Gasteiger partial charge in [-0.3, -0.25) is 10.1 Å². The average molecular weight is 237 g/mol. The van der Waals surface area contributed by atoms with E-state index < -0.39 is 16.9 Å². The Morgan fingerprint density at radius 2 is 1.94 bits per heavy atom. The average Bonchev–Trinajstić information content (AvgIpc) is 2.25. The van der Waals surface area contributed by atoms with Crippen molar-refractivity contribution in [3.63, 3.8) is 0 Å². The molecule has 0 saturated heterocycles. The summed E-state index contributed by atoms with van der Waals surface area (Å²) < 4.78 is 0. The number of carbonyl (C=O) groups is 2. The van der Waals surface area contributed by atoms with E-state index in [1.165, 1.54) is 6.07 Å². The minimum atomic E-state index is -1.36. The van der Waals surface area contributed by atoms with Crippen molar-refractivity contribution in [2.75, 3.05) is 0 Å². The largest absolute Gasteiger partial charge is 0.478 e. The van der Waals surface area contributed by atoms with E-state index in [4.69, 9.17) is 10.2 Å². The summed E-state index contributed by atoms with van der Waals surface area (Å²) in [6, 6.07) is 3.17. The Morgan fingerprint density at radius 3 is 2.41 bits per heavy atom. The van der Waals surface area contributed by atoms with Crippen LogP contribution in [0.5, 0.6) is 0 Å². The third-order valence-electron chi connectivity index (χ3n) is 1.88. The lowest BCUT2D eigenvalue weighted by molar-refractivity contribution is -0.384. The summed E-state index contributed by atoms with van der Waals surface area (Å²) in [5.74, 6) is -2.60. The Labute approximate surface area is 94.8 Å². The Hall–Kier alpha value is -2.70. The zero-order chi connectivity index (χ0) is 13.0. The van der Waals surface area contributed by atoms with Gasteiger partial charge in [0, 0.05) is 18.2 Å². The molecule has 0 radical (unpaired) electrons. The van der Waals surface area contributed by atoms with Crippen molar-refractivity contribution in [3.8, 4) is 0 Å². The highest BCUT2D eigenvalue weighted by Gasteiger charge is 2.14. The van der Waals surface area contributed by atoms with E-state index in [1.807, 2.05) is 0 Å². The van der Waals surface area contributed by atoms with Crippen molar-refractivity contribution in [1.29, 1.82) is 0 Å². The number of hydrogen-bond donors (Lipinski definition) is 2. The molecular weight excluding hydrogens is 230 g/mol. The fourth-order valence-corrected chi connectivity index (χ4v) is 1.15. The highest BCUT2D eigenvalue weighted by Crippen LogP contribution is 2.19. The summed E-state index contributed by atoms with van der Waals surface area (Å²) in [5.41, 5.74) is -0.600. The zero-order valence-electron chi connectivity index (χ0n) is 8.36. The summed E-state index contributed by atoms with van der Waals surface area (Å²) in [4.78, 5) is 30.9. The van der Waals surface area contributed by atoms with Crippen LogP contribution in [0.3, 0.4) is 0 Å². The molecule has 1 aromatic rings. The number of non-ortho nitro benzene ring substituents is 1. The van der Waals surface area contributed by atoms with Crippen LogP contribution >= 0.6 is 0 Å². The molecule has 7 heteroatoms. The number of aromatic carboxylic acids is 1. The molecule has 0 aliphatic rings. The van der Waals surface area contributed by atoms with Crippen LogP contribution in [0.1, 0.15) is 15.9 Å². The molecule has 0 spiro atoms. The van der Waals surface area contributed by atoms with Gasteiger partial charge in [0.25, 0.3) is 5.69 Å². The Bertz CT molecular complexity index is 520. The number of nitrogens with zero attached hydrogens (tertiary/aromatic N) is 1. The van der Waals surface area contributed by atoms with Gasteiger partial charge in [-0.25, -0.2) is 9.59 Å². The Kier molecular flexibility index (Phi) is 3.55. The number of nitro groups is 1. The van der Waals surface area contributed by atoms with Crippen molar-refractivity contribution in [2.45, 2.75) is 0 Å². The first kappa shape index (κ1) is 12.4. The first-order valence-electron chi connectivity index (χ1n) is 4.34. The molecule has 2 N–H and O–H groups in total. The van der Waals surface area contributed by atoms with E-state index in [-0.39, 0.29) is 16.8 Å². The second kappa shape index (κ2) is 4.88. The van der Waals surface area contributed by atoms with Crippen molar-refractivity contribution < 1.29 is 24.7 Å². The lowest BCUT2D eigenvalue weighted by Crippen LogP contribution is -2.01. The van der Waals surface area contributed by atoms with Crippen LogP contribution in [0, 0.1) is 10.1 Å². The highest BCUT2D eigenvalue weighted by atomic mass is 16.6. The molecule has 0 amide bonds. The van der Waals surface area contributed by atoms with Crippen LogP contribution in [0.25, 0.3) is 6.08 Å². The molecule has 0 unspecified atom stereocenters. The third-order valence-corrected chi connectivity index (χ3v) is 1.88. The van der Waals surface area contributed by atoms with E-state index in [2.05, 4.69) is 0 Å². The molecule has 1 aromatic carbocycles. The summed E-state index contributed by atoms with van der Waals surface area (Å²) >= 11 is 0. The standard InChI is InChI=1S/C10H7NO6/c12-9(13)4-2-6-1-3-7(11(16)17)5-8(6)10(14)15/h1-5H,(H,12,13)(H,14,15). The molecule has 0 aliphatic carbocycles. The maximum absolute atomic E-state index is 10.8. The quantitative estimate of drug-likeness (QED) is 0.464. The fourth-order valence-electron chi connectivity index (χ4n) is 1.15. The van der Waals surface area contributed by atoms with Gasteiger partial charge in [0.1, 0.15) is 0 Å². The molecule has 7 nitrogen and oxygen atoms in total. The van der Waals surface area contributed by atoms with E-state index in [1.54, 1.807) is 0 Å². The van der Waals surface area contributed by atoms with Crippen LogP contribution in [-0.2, 0) is 4.79 Å². The predicted molar refractivity (Wildman–Crippen MR) is 56.7 cm³/mol. The lowest BCUT2D eigenvalue weighted by Gasteiger charge is -2.00. The van der Waals surface area contributed by atoms with Gasteiger partial charge in [0.05, 0.1) is 10.5 Å². The number of nitro benzene ring substituents is 1. The van der Waals surface area contributed by atoms with Crippen molar-refractivity contribution >= 4 is 23.7 Å². The molecule has 0 heterocycles. The van der Waals surface area contributed by atoms with Gasteiger partial charge >= 0.3 is 11.9 Å². The number of carboxylic acid groups (broad SMARTS) is 2. The molecular formula is C10H7NO6. The summed E-state index contributed by atoms with van der Waals surface area (Å²) in [5, 5.41) is 27.7. The minimum Gasteiger partial charge on any atom is -0.478 e. The van der Waals surface area contributed by atoms with Gasteiger partial charge in [-0.15, -0.1) is 0 Å². The van der Waals surface area contributed by atoms with E-state index in [0.717, 1.165) is 24.3 Å². The van der Waals surface area contributed by atoms with Gasteiger partial charge in [-0.2, -0.15) is 0 Å². The van der Waals surface area contributed by atoms with E-state index in [9.17, 15) is 19.7 Å². The first-order chi connectivity index (χ1) is 7.91. The van der Waals surface area contributed by atoms with Crippen molar-refractivity contribution in [1.82, 2.24) is 0 Å². The van der Waals surface area contributed by atoms with Crippen molar-refractivity contribution in [2.24, 2.45) is 0 Å². The normalized spacial score (nSPS) is 10.4. The fraction of sp³-hybridized carbons (Fsp3) is 0. The van der Waals surface area contributed by atoms with Crippen LogP contribution in [0.2, 0.25) is 0 Å². The molecule has 0 aromatic heterocycles. The van der Waals surface area contributed by atoms with Crippen LogP contribution in [0.15, 0.2) is 24.3 Å². The van der Waals surface area contributed by atoms with Gasteiger partial charge in [0.2, 0.25) is 0 Å². The smallest absolute Gasteiger partial charge is 0.336 e. The summed E-state index contributed by atoms with van der Waals surface area (Å²) in [7, 11) is 0. The third kappa shape index (κ3) is 3.13. The number of hydrogen-bond acceptors (Lipinski definition) is 4. The number of rotatable bonds is 4. The lowest BCUT2D eigenvalue weighted by atomic mass is 10.1. The number of benzene rings is 1. The Morgan fingerprint density at radius 1 is 1.29 bits per heavy atom. The van der Waals surface area contributed by atoms with Gasteiger partial charge < -0.3 is 10.2 Å². The van der Waals surface area contributed by atoms with Gasteiger partial charge in [0.15, 0.2) is 0 Å². The Balaban J connectivity index is 3.27. The second-order valence-corrected chi connectivity index (χ2v) is 3.01. The molecule has 17 heavy (non-hydrogen) atoms. The summed E-state index contributed by atoms with van der Waals surface area (Å²) in [6.07, 6.45) is 1.82. The van der Waals surface area contributed by atoms with Crippen LogP contribution in [0.4, 0.5) is 5.69 Å². The van der Waals surface area contributed by atoms with E-state index >= 15 is 0 Å². The first-order valence-corrected chi connectivity index (χ1v) is 4.34. The number of aliphatic carboxylic acids is 1. The van der Waals surface area contributed by atoms with Gasteiger partial charge in [-0.1, -0.05) is 0 Å². The highest BCUT2D eigenvalue weighted by molar-refractivity contribution is 5.95. The molecule has 1 rings (SSSR count). The molecule has 0 atom stereocenters. The molecule has 0 bridgehead atoms. The molecule has 88 valence electrons. The zero-order valence-corrected chi connectivity index (χ0v) is 8.36. The maximum Gasteiger partial charge on any atom is 0.336 e. The minimum absolute atomic E-state index is 0.0884. The molecule has 0 aliphatic heterocycles. The van der Waals surface area contributed by atoms with Gasteiger partial charge in [-0.05, 0) is 17.7 Å². The van der Waals surface area contributed by atoms with Crippen molar-refractivity contribution in [3.05, 3.63) is 45.5 Å². The molecule has 0 fully saturated rings. The predicted octanol–water partition coefficient (Wildman–Crippen LogP) is 1.39.